The molecule has 0 bridgehead atoms. The van der Waals surface area contributed by atoms with Crippen molar-refractivity contribution in [3.63, 3.8) is 0 Å². The van der Waals surface area contributed by atoms with E-state index in [2.05, 4.69) is 21.2 Å². The first-order valence-corrected chi connectivity index (χ1v) is 7.55. The number of carbonyl (C=O) groups is 3. The van der Waals surface area contributed by atoms with Gasteiger partial charge in [-0.25, -0.2) is 9.59 Å². The number of carbonyl (C=O) groups excluding carboxylic acids is 3. The summed E-state index contributed by atoms with van der Waals surface area (Å²) in [5.74, 6) is -1.47. The number of amides is 3. The lowest BCUT2D eigenvalue weighted by atomic mass is 10.1. The molecule has 0 fully saturated rings. The number of ether oxygens (including phenoxy) is 1. The van der Waals surface area contributed by atoms with Crippen LogP contribution in [-0.4, -0.2) is 31.1 Å². The van der Waals surface area contributed by atoms with E-state index in [1.54, 1.807) is 19.1 Å². The number of halogens is 1. The molecule has 1 heterocycles. The molecule has 0 aliphatic carbocycles. The molecule has 2 aromatic rings. The van der Waals surface area contributed by atoms with Crippen LogP contribution in [0.25, 0.3) is 11.0 Å². The molecule has 8 heteroatoms. The Kier molecular flexibility index (Phi) is 5.05. The lowest BCUT2D eigenvalue weighted by Crippen LogP contribution is -2.43. The van der Waals surface area contributed by atoms with Gasteiger partial charge in [-0.3, -0.25) is 10.1 Å². The van der Waals surface area contributed by atoms with Crippen molar-refractivity contribution in [2.24, 2.45) is 0 Å². The van der Waals surface area contributed by atoms with Gasteiger partial charge in [0.25, 0.3) is 5.91 Å². The maximum absolute atomic E-state index is 12.2. The van der Waals surface area contributed by atoms with Crippen molar-refractivity contribution in [2.45, 2.75) is 20.0 Å². The minimum absolute atomic E-state index is 0.0256. The number of fused-ring (bicyclic) bond motifs is 1. The smallest absolute Gasteiger partial charge is 0.375 e. The summed E-state index contributed by atoms with van der Waals surface area (Å²) in [4.78, 5) is 35.0. The van der Waals surface area contributed by atoms with Crippen molar-refractivity contribution in [2.75, 3.05) is 7.05 Å². The van der Waals surface area contributed by atoms with Crippen LogP contribution in [0.4, 0.5) is 4.79 Å². The van der Waals surface area contributed by atoms with Crippen molar-refractivity contribution in [1.29, 1.82) is 0 Å². The Hall–Kier alpha value is -2.35. The van der Waals surface area contributed by atoms with Crippen molar-refractivity contribution in [3.05, 3.63) is 34.0 Å². The van der Waals surface area contributed by atoms with Crippen molar-refractivity contribution >= 4 is 44.8 Å². The van der Waals surface area contributed by atoms with E-state index in [0.717, 1.165) is 9.86 Å². The number of aryl methyl sites for hydroxylation is 1. The molecule has 122 valence electrons. The molecule has 2 N–H and O–H groups in total. The van der Waals surface area contributed by atoms with Gasteiger partial charge in [0.15, 0.2) is 6.10 Å². The van der Waals surface area contributed by atoms with Gasteiger partial charge in [-0.05, 0) is 32.0 Å². The number of imide groups is 1. The summed E-state index contributed by atoms with van der Waals surface area (Å²) in [6.45, 7) is 3.09. The molecule has 1 aromatic carbocycles. The minimum Gasteiger partial charge on any atom is -0.449 e. The zero-order valence-corrected chi connectivity index (χ0v) is 14.3. The first kappa shape index (κ1) is 17.0. The molecule has 23 heavy (non-hydrogen) atoms. The number of nitrogens with one attached hydrogen (secondary N) is 2. The highest BCUT2D eigenvalue weighted by Crippen LogP contribution is 2.28. The Morgan fingerprint density at radius 3 is 2.65 bits per heavy atom. The average molecular weight is 383 g/mol. The molecule has 0 saturated heterocycles. The number of benzene rings is 1. The minimum atomic E-state index is -1.14. The summed E-state index contributed by atoms with van der Waals surface area (Å²) >= 11 is 3.35. The molecule has 0 aliphatic heterocycles. The van der Waals surface area contributed by atoms with Crippen molar-refractivity contribution in [1.82, 2.24) is 10.6 Å². The molecule has 7 nitrogen and oxygen atoms in total. The summed E-state index contributed by atoms with van der Waals surface area (Å²) in [7, 11) is 1.37. The summed E-state index contributed by atoms with van der Waals surface area (Å²) in [5, 5.41) is 5.04. The topological polar surface area (TPSA) is 97.6 Å². The molecule has 1 aromatic heterocycles. The van der Waals surface area contributed by atoms with E-state index in [0.29, 0.717) is 11.1 Å². The molecule has 3 amide bonds. The number of esters is 1. The van der Waals surface area contributed by atoms with E-state index in [1.807, 2.05) is 11.4 Å². The molecule has 0 saturated carbocycles. The van der Waals surface area contributed by atoms with Crippen LogP contribution in [0.3, 0.4) is 0 Å². The highest BCUT2D eigenvalue weighted by molar-refractivity contribution is 9.10. The number of urea groups is 1. The average Bonchev–Trinajstić information content (AvgIpc) is 2.83. The van der Waals surface area contributed by atoms with E-state index >= 15 is 0 Å². The lowest BCUT2D eigenvalue weighted by Gasteiger charge is -2.11. The quantitative estimate of drug-likeness (QED) is 0.794. The van der Waals surface area contributed by atoms with E-state index in [9.17, 15) is 14.4 Å². The second-order valence-corrected chi connectivity index (χ2v) is 5.73. The fourth-order valence-corrected chi connectivity index (χ4v) is 2.29. The summed E-state index contributed by atoms with van der Waals surface area (Å²) in [6, 6.07) is 4.67. The SMILES string of the molecule is CNC(=O)NC(=O)C(C)OC(=O)c1oc2ccc(Br)cc2c1C. The van der Waals surface area contributed by atoms with Gasteiger partial charge in [-0.1, -0.05) is 15.9 Å². The number of hydrogen-bond acceptors (Lipinski definition) is 5. The van der Waals surface area contributed by atoms with Crippen LogP contribution in [0.15, 0.2) is 27.1 Å². The normalized spacial score (nSPS) is 11.8. The summed E-state index contributed by atoms with van der Waals surface area (Å²) < 4.78 is 11.4. The number of furan rings is 1. The summed E-state index contributed by atoms with van der Waals surface area (Å²) in [5.41, 5.74) is 1.16. The van der Waals surface area contributed by atoms with Gasteiger partial charge in [0, 0.05) is 22.5 Å². The van der Waals surface area contributed by atoms with E-state index in [1.165, 1.54) is 14.0 Å². The van der Waals surface area contributed by atoms with Crippen LogP contribution in [0.5, 0.6) is 0 Å². The molecule has 0 radical (unpaired) electrons. The van der Waals surface area contributed by atoms with E-state index < -0.39 is 24.0 Å². The molecule has 1 unspecified atom stereocenters. The standard InChI is InChI=1S/C15H15BrN2O5/c1-7-10-6-9(16)4-5-11(10)23-12(7)14(20)22-8(2)13(19)18-15(21)17-3/h4-6,8H,1-3H3,(H2,17,18,19,21). The second kappa shape index (κ2) is 6.82. The molecular formula is C15H15BrN2O5. The Balaban J connectivity index is 2.16. The zero-order valence-electron chi connectivity index (χ0n) is 12.7. The van der Waals surface area contributed by atoms with Gasteiger partial charge < -0.3 is 14.5 Å². The lowest BCUT2D eigenvalue weighted by molar-refractivity contribution is -0.128. The fourth-order valence-electron chi connectivity index (χ4n) is 1.93. The van der Waals surface area contributed by atoms with Crippen LogP contribution >= 0.6 is 15.9 Å². The predicted octanol–water partition coefficient (Wildman–Crippen LogP) is 2.50. The first-order valence-electron chi connectivity index (χ1n) is 6.75. The molecule has 0 spiro atoms. The van der Waals surface area contributed by atoms with Gasteiger partial charge in [0.2, 0.25) is 5.76 Å². The fraction of sp³-hybridized carbons (Fsp3) is 0.267. The summed E-state index contributed by atoms with van der Waals surface area (Å²) in [6.07, 6.45) is -1.14. The van der Waals surface area contributed by atoms with Crippen molar-refractivity contribution in [3.8, 4) is 0 Å². The van der Waals surface area contributed by atoms with Crippen LogP contribution in [-0.2, 0) is 9.53 Å². The zero-order chi connectivity index (χ0) is 17.1. The van der Waals surface area contributed by atoms with Crippen LogP contribution in [0.2, 0.25) is 0 Å². The largest absolute Gasteiger partial charge is 0.449 e. The molecular weight excluding hydrogens is 368 g/mol. The Morgan fingerprint density at radius 1 is 1.30 bits per heavy atom. The van der Waals surface area contributed by atoms with Crippen LogP contribution < -0.4 is 10.6 Å². The van der Waals surface area contributed by atoms with Gasteiger partial charge in [-0.15, -0.1) is 0 Å². The highest BCUT2D eigenvalue weighted by Gasteiger charge is 2.25. The Morgan fingerprint density at radius 2 is 2.00 bits per heavy atom. The third-order valence-corrected chi connectivity index (χ3v) is 3.69. The highest BCUT2D eigenvalue weighted by atomic mass is 79.9. The van der Waals surface area contributed by atoms with Gasteiger partial charge in [0.05, 0.1) is 0 Å². The van der Waals surface area contributed by atoms with E-state index in [-0.39, 0.29) is 5.76 Å². The first-order chi connectivity index (χ1) is 10.8. The third-order valence-electron chi connectivity index (χ3n) is 3.20. The Bertz CT molecular complexity index is 784. The maximum Gasteiger partial charge on any atom is 0.375 e. The van der Waals surface area contributed by atoms with Crippen LogP contribution in [0.1, 0.15) is 23.0 Å². The number of rotatable bonds is 3. The predicted molar refractivity (Wildman–Crippen MR) is 86.1 cm³/mol. The third kappa shape index (κ3) is 3.70. The maximum atomic E-state index is 12.2. The molecule has 1 atom stereocenters. The second-order valence-electron chi connectivity index (χ2n) is 4.81. The van der Waals surface area contributed by atoms with Crippen LogP contribution in [0, 0.1) is 6.92 Å². The number of hydrogen-bond donors (Lipinski definition) is 2. The van der Waals surface area contributed by atoms with Gasteiger partial charge >= 0.3 is 12.0 Å². The Labute approximate surface area is 140 Å². The monoisotopic (exact) mass is 382 g/mol. The molecule has 2 rings (SSSR count). The van der Waals surface area contributed by atoms with E-state index in [4.69, 9.17) is 9.15 Å². The van der Waals surface area contributed by atoms with Gasteiger partial charge in [0.1, 0.15) is 5.58 Å². The van der Waals surface area contributed by atoms with Crippen molar-refractivity contribution < 1.29 is 23.5 Å². The molecule has 0 aliphatic rings. The van der Waals surface area contributed by atoms with Gasteiger partial charge in [-0.2, -0.15) is 0 Å².